The van der Waals surface area contributed by atoms with Crippen LogP contribution in [0.2, 0.25) is 19.6 Å². The van der Waals surface area contributed by atoms with E-state index in [1.807, 2.05) is 11.8 Å². The minimum Gasteiger partial charge on any atom is -0.402 e. The lowest BCUT2D eigenvalue weighted by Gasteiger charge is -2.26. The number of benzene rings is 1. The molecule has 1 rings (SSSR count). The predicted molar refractivity (Wildman–Crippen MR) is 76.4 cm³/mol. The normalized spacial score (nSPS) is 13.8. The van der Waals surface area contributed by atoms with Gasteiger partial charge in [-0.25, -0.2) is 0 Å². The number of hydrogen-bond donors (Lipinski definition) is 0. The Morgan fingerprint density at radius 3 is 2.31 bits per heavy atom. The average molecular weight is 254 g/mol. The first-order valence-electron chi connectivity index (χ1n) is 5.87. The highest BCUT2D eigenvalue weighted by molar-refractivity contribution is 7.99. The Morgan fingerprint density at radius 1 is 1.19 bits per heavy atom. The quantitative estimate of drug-likeness (QED) is 0.538. The highest BCUT2D eigenvalue weighted by Crippen LogP contribution is 2.33. The van der Waals surface area contributed by atoms with Crippen LogP contribution in [0.5, 0.6) is 0 Å². The van der Waals surface area contributed by atoms with Gasteiger partial charge in [0.2, 0.25) is 0 Å². The maximum atomic E-state index is 6.23. The topological polar surface area (TPSA) is 9.23 Å². The van der Waals surface area contributed by atoms with Crippen molar-refractivity contribution in [2.75, 3.05) is 5.75 Å². The van der Waals surface area contributed by atoms with E-state index in [1.165, 1.54) is 12.0 Å². The van der Waals surface area contributed by atoms with Crippen LogP contribution < -0.4 is 0 Å². The molecule has 0 bridgehead atoms. The molecule has 1 atom stereocenters. The van der Waals surface area contributed by atoms with E-state index < -0.39 is 8.32 Å². The zero-order valence-electron chi connectivity index (χ0n) is 10.7. The average Bonchev–Trinajstić information content (AvgIpc) is 2.24. The Labute approximate surface area is 105 Å². The maximum absolute atomic E-state index is 6.23. The molecule has 3 heteroatoms. The van der Waals surface area contributed by atoms with Gasteiger partial charge in [0.25, 0.3) is 0 Å². The Morgan fingerprint density at radius 2 is 1.81 bits per heavy atom. The lowest BCUT2D eigenvalue weighted by molar-refractivity contribution is 0.288. The molecule has 0 aliphatic rings. The molecule has 0 fully saturated rings. The molecular formula is C13H22OSSi. The summed E-state index contributed by atoms with van der Waals surface area (Å²) >= 11 is 1.91. The minimum absolute atomic E-state index is 0.216. The molecule has 90 valence electrons. The second-order valence-corrected chi connectivity index (χ2v) is 10.5. The van der Waals surface area contributed by atoms with Crippen molar-refractivity contribution in [1.29, 1.82) is 0 Å². The lowest BCUT2D eigenvalue weighted by atomic mass is 10.2. The Balaban J connectivity index is 2.71. The first-order chi connectivity index (χ1) is 7.53. The number of thioether (sulfide) groups is 1. The summed E-state index contributed by atoms with van der Waals surface area (Å²) in [5, 5.41) is 0. The SMILES string of the molecule is CCCSC(O[Si](C)(C)C)c1ccccc1. The Hall–Kier alpha value is -0.253. The fourth-order valence-corrected chi connectivity index (χ4v) is 4.07. The largest absolute Gasteiger partial charge is 0.402 e. The Kier molecular flexibility index (Phi) is 5.59. The minimum atomic E-state index is -1.47. The van der Waals surface area contributed by atoms with Crippen molar-refractivity contribution in [2.24, 2.45) is 0 Å². The van der Waals surface area contributed by atoms with E-state index in [-0.39, 0.29) is 5.44 Å². The van der Waals surface area contributed by atoms with Crippen molar-refractivity contribution < 1.29 is 4.43 Å². The van der Waals surface area contributed by atoms with Crippen molar-refractivity contribution in [2.45, 2.75) is 38.4 Å². The summed E-state index contributed by atoms with van der Waals surface area (Å²) in [6.45, 7) is 8.95. The molecule has 0 aliphatic heterocycles. The molecule has 0 saturated heterocycles. The predicted octanol–water partition coefficient (Wildman–Crippen LogP) is 4.68. The van der Waals surface area contributed by atoms with Gasteiger partial charge in [-0.05, 0) is 37.4 Å². The zero-order chi connectivity index (χ0) is 12.0. The second-order valence-electron chi connectivity index (χ2n) is 4.84. The molecule has 0 aromatic heterocycles. The van der Waals surface area contributed by atoms with E-state index in [0.29, 0.717) is 0 Å². The van der Waals surface area contributed by atoms with Crippen LogP contribution >= 0.6 is 11.8 Å². The molecule has 0 amide bonds. The third-order valence-corrected chi connectivity index (χ3v) is 4.43. The smallest absolute Gasteiger partial charge is 0.185 e. The molecule has 0 radical (unpaired) electrons. The molecule has 1 aromatic carbocycles. The van der Waals surface area contributed by atoms with Crippen LogP contribution in [0, 0.1) is 0 Å². The van der Waals surface area contributed by atoms with Gasteiger partial charge in [0, 0.05) is 0 Å². The van der Waals surface area contributed by atoms with Gasteiger partial charge >= 0.3 is 0 Å². The standard InChI is InChI=1S/C13H22OSSi/c1-5-11-15-13(14-16(2,3)4)12-9-7-6-8-10-12/h6-10,13H,5,11H2,1-4H3. The highest BCUT2D eigenvalue weighted by Gasteiger charge is 2.22. The van der Waals surface area contributed by atoms with Crippen LogP contribution in [0.15, 0.2) is 30.3 Å². The van der Waals surface area contributed by atoms with E-state index in [0.717, 1.165) is 5.75 Å². The third-order valence-electron chi connectivity index (χ3n) is 2.01. The number of hydrogen-bond acceptors (Lipinski definition) is 2. The lowest BCUT2D eigenvalue weighted by Crippen LogP contribution is -2.27. The van der Waals surface area contributed by atoms with Crippen LogP contribution in [0.3, 0.4) is 0 Å². The summed E-state index contributed by atoms with van der Waals surface area (Å²) < 4.78 is 6.23. The van der Waals surface area contributed by atoms with Gasteiger partial charge in [0.15, 0.2) is 8.32 Å². The third kappa shape index (κ3) is 5.19. The summed E-state index contributed by atoms with van der Waals surface area (Å²) in [5.74, 6) is 1.16. The first kappa shape index (κ1) is 13.8. The molecule has 1 unspecified atom stereocenters. The van der Waals surface area contributed by atoms with Crippen LogP contribution in [0.25, 0.3) is 0 Å². The molecule has 0 saturated carbocycles. The molecule has 0 spiro atoms. The van der Waals surface area contributed by atoms with Crippen molar-refractivity contribution in [1.82, 2.24) is 0 Å². The molecule has 1 nitrogen and oxygen atoms in total. The van der Waals surface area contributed by atoms with Crippen molar-refractivity contribution >= 4 is 20.1 Å². The van der Waals surface area contributed by atoms with E-state index in [4.69, 9.17) is 4.43 Å². The number of rotatable bonds is 6. The van der Waals surface area contributed by atoms with Crippen molar-refractivity contribution in [3.63, 3.8) is 0 Å². The zero-order valence-corrected chi connectivity index (χ0v) is 12.5. The summed E-state index contributed by atoms with van der Waals surface area (Å²) in [6.07, 6.45) is 1.20. The van der Waals surface area contributed by atoms with Crippen LogP contribution in [-0.2, 0) is 4.43 Å². The van der Waals surface area contributed by atoms with E-state index in [1.54, 1.807) is 0 Å². The van der Waals surface area contributed by atoms with Gasteiger partial charge in [-0.1, -0.05) is 37.3 Å². The molecular weight excluding hydrogens is 232 g/mol. The van der Waals surface area contributed by atoms with Gasteiger partial charge in [0.1, 0.15) is 5.44 Å². The monoisotopic (exact) mass is 254 g/mol. The van der Waals surface area contributed by atoms with Crippen LogP contribution in [-0.4, -0.2) is 14.1 Å². The van der Waals surface area contributed by atoms with E-state index in [2.05, 4.69) is 56.9 Å². The summed E-state index contributed by atoms with van der Waals surface area (Å²) in [5.41, 5.74) is 1.51. The van der Waals surface area contributed by atoms with Gasteiger partial charge in [-0.3, -0.25) is 0 Å². The van der Waals surface area contributed by atoms with Gasteiger partial charge in [-0.2, -0.15) is 0 Å². The fraction of sp³-hybridized carbons (Fsp3) is 0.538. The summed E-state index contributed by atoms with van der Waals surface area (Å²) in [7, 11) is -1.47. The maximum Gasteiger partial charge on any atom is 0.185 e. The molecule has 1 aromatic rings. The van der Waals surface area contributed by atoms with Gasteiger partial charge < -0.3 is 4.43 Å². The van der Waals surface area contributed by atoms with Gasteiger partial charge in [-0.15, -0.1) is 11.8 Å². The van der Waals surface area contributed by atoms with Crippen LogP contribution in [0.4, 0.5) is 0 Å². The molecule has 16 heavy (non-hydrogen) atoms. The first-order valence-corrected chi connectivity index (χ1v) is 10.3. The van der Waals surface area contributed by atoms with E-state index >= 15 is 0 Å². The highest BCUT2D eigenvalue weighted by atomic mass is 32.2. The second kappa shape index (κ2) is 6.47. The van der Waals surface area contributed by atoms with Gasteiger partial charge in [0.05, 0.1) is 0 Å². The van der Waals surface area contributed by atoms with Crippen molar-refractivity contribution in [3.05, 3.63) is 35.9 Å². The summed E-state index contributed by atoms with van der Waals surface area (Å²) in [6, 6.07) is 10.5. The molecule has 0 heterocycles. The van der Waals surface area contributed by atoms with Crippen molar-refractivity contribution in [3.8, 4) is 0 Å². The van der Waals surface area contributed by atoms with Crippen LogP contribution in [0.1, 0.15) is 24.3 Å². The summed E-state index contributed by atoms with van der Waals surface area (Å²) in [4.78, 5) is 0. The fourth-order valence-electron chi connectivity index (χ4n) is 1.35. The Bertz CT molecular complexity index is 295. The molecule has 0 aliphatic carbocycles. The molecule has 0 N–H and O–H groups in total. The van der Waals surface area contributed by atoms with E-state index in [9.17, 15) is 0 Å².